The summed E-state index contributed by atoms with van der Waals surface area (Å²) in [6.07, 6.45) is -1.70. The maximum Gasteiger partial charge on any atom is 0.404 e. The van der Waals surface area contributed by atoms with Crippen LogP contribution in [0.5, 0.6) is 0 Å². The lowest BCUT2D eigenvalue weighted by Gasteiger charge is -2.40. The SMILES string of the molecule is CC(C)(C)C(C)(COC(N)=O)COC(N)=O. The van der Waals surface area contributed by atoms with Crippen molar-refractivity contribution in [3.8, 4) is 0 Å². The third-order valence-electron chi connectivity index (χ3n) is 2.88. The number of hydrogen-bond acceptors (Lipinski definition) is 4. The summed E-state index contributed by atoms with van der Waals surface area (Å²) in [5, 5.41) is 0. The highest BCUT2D eigenvalue weighted by atomic mass is 16.6. The Morgan fingerprint density at radius 3 is 1.44 bits per heavy atom. The summed E-state index contributed by atoms with van der Waals surface area (Å²) in [4.78, 5) is 21.2. The van der Waals surface area contributed by atoms with Crippen LogP contribution in [-0.2, 0) is 9.47 Å². The van der Waals surface area contributed by atoms with Crippen LogP contribution in [0, 0.1) is 10.8 Å². The molecule has 0 saturated heterocycles. The summed E-state index contributed by atoms with van der Waals surface area (Å²) in [5.41, 5.74) is 9.03. The van der Waals surface area contributed by atoms with Gasteiger partial charge in [-0.1, -0.05) is 27.7 Å². The van der Waals surface area contributed by atoms with Gasteiger partial charge in [-0.15, -0.1) is 0 Å². The molecular weight excluding hydrogens is 212 g/mol. The molecule has 0 aliphatic carbocycles. The molecule has 0 saturated carbocycles. The predicted molar refractivity (Wildman–Crippen MR) is 58.6 cm³/mol. The number of amides is 2. The Bertz CT molecular complexity index is 252. The molecule has 0 atom stereocenters. The number of carbonyl (C=O) groups excluding carboxylic acids is 2. The van der Waals surface area contributed by atoms with Gasteiger partial charge in [0.15, 0.2) is 0 Å². The van der Waals surface area contributed by atoms with Crippen LogP contribution in [0.25, 0.3) is 0 Å². The molecular formula is C10H20N2O4. The molecule has 94 valence electrons. The van der Waals surface area contributed by atoms with Crippen molar-refractivity contribution in [1.82, 2.24) is 0 Å². The molecule has 0 aliphatic rings. The Morgan fingerprint density at radius 1 is 0.938 bits per heavy atom. The third-order valence-corrected chi connectivity index (χ3v) is 2.88. The van der Waals surface area contributed by atoms with Gasteiger partial charge in [0.25, 0.3) is 0 Å². The molecule has 0 aromatic heterocycles. The van der Waals surface area contributed by atoms with Crippen molar-refractivity contribution in [2.75, 3.05) is 13.2 Å². The molecule has 16 heavy (non-hydrogen) atoms. The second-order valence-corrected chi connectivity index (χ2v) is 5.03. The molecule has 0 bridgehead atoms. The van der Waals surface area contributed by atoms with Crippen LogP contribution < -0.4 is 11.5 Å². The normalized spacial score (nSPS) is 12.0. The van der Waals surface area contributed by atoms with Crippen LogP contribution in [0.4, 0.5) is 9.59 Å². The molecule has 0 radical (unpaired) electrons. The van der Waals surface area contributed by atoms with Crippen LogP contribution in [0.2, 0.25) is 0 Å². The lowest BCUT2D eigenvalue weighted by molar-refractivity contribution is -0.0264. The zero-order chi connectivity index (χ0) is 13.0. The van der Waals surface area contributed by atoms with E-state index in [1.54, 1.807) is 0 Å². The Balaban J connectivity index is 4.61. The number of carbonyl (C=O) groups is 2. The van der Waals surface area contributed by atoms with E-state index in [2.05, 4.69) is 0 Å². The van der Waals surface area contributed by atoms with Gasteiger partial charge in [0, 0.05) is 5.41 Å². The Morgan fingerprint density at radius 2 is 1.25 bits per heavy atom. The van der Waals surface area contributed by atoms with E-state index in [0.717, 1.165) is 0 Å². The summed E-state index contributed by atoms with van der Waals surface area (Å²) in [6, 6.07) is 0. The van der Waals surface area contributed by atoms with Crippen molar-refractivity contribution in [3.63, 3.8) is 0 Å². The van der Waals surface area contributed by atoms with Crippen LogP contribution in [0.1, 0.15) is 27.7 Å². The third kappa shape index (κ3) is 4.37. The maximum atomic E-state index is 10.6. The van der Waals surface area contributed by atoms with Crippen LogP contribution in [0.15, 0.2) is 0 Å². The van der Waals surface area contributed by atoms with Crippen molar-refractivity contribution in [2.24, 2.45) is 22.3 Å². The van der Waals surface area contributed by atoms with E-state index in [4.69, 9.17) is 20.9 Å². The molecule has 0 unspecified atom stereocenters. The maximum absolute atomic E-state index is 10.6. The summed E-state index contributed by atoms with van der Waals surface area (Å²) in [7, 11) is 0. The predicted octanol–water partition coefficient (Wildman–Crippen LogP) is 1.23. The zero-order valence-corrected chi connectivity index (χ0v) is 10.2. The van der Waals surface area contributed by atoms with Crippen LogP contribution >= 0.6 is 0 Å². The standard InChI is InChI=1S/C10H20N2O4/c1-9(2,3)10(4,5-15-7(11)13)6-16-8(12)14/h5-6H2,1-4H3,(H2,11,13)(H2,12,14). The second kappa shape index (κ2) is 5.05. The first-order chi connectivity index (χ1) is 7.08. The molecule has 0 aliphatic heterocycles. The highest BCUT2D eigenvalue weighted by Crippen LogP contribution is 2.38. The number of ether oxygens (including phenoxy) is 2. The van der Waals surface area contributed by atoms with Gasteiger partial charge in [-0.3, -0.25) is 0 Å². The largest absolute Gasteiger partial charge is 0.449 e. The fourth-order valence-corrected chi connectivity index (χ4v) is 0.936. The Hall–Kier alpha value is -1.46. The molecule has 0 aromatic rings. The molecule has 6 nitrogen and oxygen atoms in total. The van der Waals surface area contributed by atoms with Crippen LogP contribution in [-0.4, -0.2) is 25.4 Å². The number of primary amides is 2. The molecule has 2 amide bonds. The minimum atomic E-state index is -0.852. The van der Waals surface area contributed by atoms with E-state index in [1.807, 2.05) is 27.7 Å². The zero-order valence-electron chi connectivity index (χ0n) is 10.2. The molecule has 4 N–H and O–H groups in total. The fraction of sp³-hybridized carbons (Fsp3) is 0.800. The lowest BCUT2D eigenvalue weighted by atomic mass is 9.69. The van der Waals surface area contributed by atoms with Gasteiger partial charge >= 0.3 is 12.2 Å². The van der Waals surface area contributed by atoms with E-state index in [9.17, 15) is 9.59 Å². The molecule has 0 aromatic carbocycles. The fourth-order valence-electron chi connectivity index (χ4n) is 0.936. The van der Waals surface area contributed by atoms with Gasteiger partial charge in [-0.2, -0.15) is 0 Å². The molecule has 0 rings (SSSR count). The minimum Gasteiger partial charge on any atom is -0.449 e. The highest BCUT2D eigenvalue weighted by molar-refractivity contribution is 5.65. The molecule has 0 spiro atoms. The first kappa shape index (κ1) is 14.5. The first-order valence-corrected chi connectivity index (χ1v) is 4.93. The van der Waals surface area contributed by atoms with Crippen molar-refractivity contribution in [1.29, 1.82) is 0 Å². The smallest absolute Gasteiger partial charge is 0.404 e. The average molecular weight is 232 g/mol. The average Bonchev–Trinajstić information content (AvgIpc) is 2.09. The quantitative estimate of drug-likeness (QED) is 0.760. The summed E-state index contributed by atoms with van der Waals surface area (Å²) in [6.45, 7) is 7.81. The number of rotatable bonds is 4. The Labute approximate surface area is 95.3 Å². The van der Waals surface area contributed by atoms with Gasteiger partial charge in [0.05, 0.1) is 0 Å². The summed E-state index contributed by atoms with van der Waals surface area (Å²) < 4.78 is 9.55. The van der Waals surface area contributed by atoms with E-state index in [0.29, 0.717) is 0 Å². The van der Waals surface area contributed by atoms with Gasteiger partial charge in [-0.25, -0.2) is 9.59 Å². The van der Waals surface area contributed by atoms with E-state index >= 15 is 0 Å². The van der Waals surface area contributed by atoms with Crippen molar-refractivity contribution in [3.05, 3.63) is 0 Å². The second-order valence-electron chi connectivity index (χ2n) is 5.03. The summed E-state index contributed by atoms with van der Waals surface area (Å²) in [5.74, 6) is 0. The molecule has 6 heteroatoms. The topological polar surface area (TPSA) is 105 Å². The first-order valence-electron chi connectivity index (χ1n) is 4.93. The van der Waals surface area contributed by atoms with Gasteiger partial charge in [-0.05, 0) is 5.41 Å². The number of nitrogens with two attached hydrogens (primary N) is 2. The molecule has 0 fully saturated rings. The van der Waals surface area contributed by atoms with E-state index < -0.39 is 17.6 Å². The van der Waals surface area contributed by atoms with E-state index in [-0.39, 0.29) is 18.6 Å². The number of hydrogen-bond donors (Lipinski definition) is 2. The van der Waals surface area contributed by atoms with Crippen LogP contribution in [0.3, 0.4) is 0 Å². The van der Waals surface area contributed by atoms with Gasteiger partial charge in [0.2, 0.25) is 0 Å². The van der Waals surface area contributed by atoms with Gasteiger partial charge < -0.3 is 20.9 Å². The van der Waals surface area contributed by atoms with Crippen molar-refractivity contribution >= 4 is 12.2 Å². The van der Waals surface area contributed by atoms with Gasteiger partial charge in [0.1, 0.15) is 13.2 Å². The van der Waals surface area contributed by atoms with Crippen molar-refractivity contribution < 1.29 is 19.1 Å². The molecule has 0 heterocycles. The summed E-state index contributed by atoms with van der Waals surface area (Å²) >= 11 is 0. The van der Waals surface area contributed by atoms with E-state index in [1.165, 1.54) is 0 Å². The van der Waals surface area contributed by atoms with Crippen molar-refractivity contribution in [2.45, 2.75) is 27.7 Å². The monoisotopic (exact) mass is 232 g/mol. The Kier molecular flexibility index (Phi) is 4.59. The minimum absolute atomic E-state index is 0.0686. The highest BCUT2D eigenvalue weighted by Gasteiger charge is 2.40. The lowest BCUT2D eigenvalue weighted by Crippen LogP contribution is -2.43.